The van der Waals surface area contributed by atoms with Crippen molar-refractivity contribution in [2.24, 2.45) is 0 Å². The number of rotatable bonds is 6. The summed E-state index contributed by atoms with van der Waals surface area (Å²) in [6.45, 7) is 2.16. The molecule has 0 aliphatic carbocycles. The number of unbranched alkanes of at least 4 members (excludes halogenated alkanes) is 1. The van der Waals surface area contributed by atoms with Gasteiger partial charge in [-0.15, -0.1) is 12.3 Å². The van der Waals surface area contributed by atoms with Gasteiger partial charge in [-0.3, -0.25) is 4.98 Å². The van der Waals surface area contributed by atoms with Gasteiger partial charge >= 0.3 is 0 Å². The van der Waals surface area contributed by atoms with Gasteiger partial charge in [-0.2, -0.15) is 0 Å². The fourth-order valence-corrected chi connectivity index (χ4v) is 3.12. The van der Waals surface area contributed by atoms with Crippen LogP contribution < -0.4 is 0 Å². The molecule has 1 aromatic carbocycles. The molecule has 0 saturated heterocycles. The van der Waals surface area contributed by atoms with Crippen molar-refractivity contribution in [1.29, 1.82) is 0 Å². The van der Waals surface area contributed by atoms with Crippen LogP contribution in [0, 0.1) is 12.3 Å². The average Bonchev–Trinajstić information content (AvgIpc) is 2.55. The van der Waals surface area contributed by atoms with Crippen molar-refractivity contribution in [2.45, 2.75) is 32.1 Å². The molecule has 1 unspecified atom stereocenters. The van der Waals surface area contributed by atoms with Gasteiger partial charge in [-0.1, -0.05) is 54.8 Å². The zero-order valence-electron chi connectivity index (χ0n) is 13.1. The summed E-state index contributed by atoms with van der Waals surface area (Å²) in [5.41, 5.74) is 3.24. The van der Waals surface area contributed by atoms with Crippen molar-refractivity contribution in [3.63, 3.8) is 0 Å². The molecule has 2 aromatic rings. The summed E-state index contributed by atoms with van der Waals surface area (Å²) < 4.78 is 0. The van der Waals surface area contributed by atoms with E-state index in [4.69, 9.17) is 29.6 Å². The monoisotopic (exact) mass is 343 g/mol. The Bertz CT molecular complexity index is 714. The first-order valence-corrected chi connectivity index (χ1v) is 8.41. The van der Waals surface area contributed by atoms with Gasteiger partial charge in [0.25, 0.3) is 0 Å². The third kappa shape index (κ3) is 4.61. The number of aromatic nitrogens is 1. The second kappa shape index (κ2) is 8.77. The second-order valence-corrected chi connectivity index (χ2v) is 6.16. The highest BCUT2D eigenvalue weighted by atomic mass is 35.5. The van der Waals surface area contributed by atoms with E-state index in [9.17, 15) is 0 Å². The lowest BCUT2D eigenvalue weighted by molar-refractivity contribution is 0.884. The molecule has 2 rings (SSSR count). The highest BCUT2D eigenvalue weighted by molar-refractivity contribution is 6.35. The zero-order valence-corrected chi connectivity index (χ0v) is 14.6. The van der Waals surface area contributed by atoms with Gasteiger partial charge in [-0.05, 0) is 41.3 Å². The lowest BCUT2D eigenvalue weighted by Crippen LogP contribution is -2.03. The van der Waals surface area contributed by atoms with E-state index in [-0.39, 0.29) is 5.92 Å². The minimum absolute atomic E-state index is 0.0283. The Hall–Kier alpha value is -1.75. The van der Waals surface area contributed by atoms with Gasteiger partial charge in [0, 0.05) is 34.8 Å². The first-order chi connectivity index (χ1) is 11.2. The molecule has 0 amide bonds. The van der Waals surface area contributed by atoms with Gasteiger partial charge < -0.3 is 0 Å². The zero-order chi connectivity index (χ0) is 16.7. The molecule has 0 spiro atoms. The predicted molar refractivity (Wildman–Crippen MR) is 99.8 cm³/mol. The van der Waals surface area contributed by atoms with Crippen LogP contribution in [0.25, 0.3) is 5.57 Å². The van der Waals surface area contributed by atoms with E-state index < -0.39 is 0 Å². The van der Waals surface area contributed by atoms with Crippen molar-refractivity contribution < 1.29 is 0 Å². The van der Waals surface area contributed by atoms with E-state index in [1.54, 1.807) is 12.3 Å². The Morgan fingerprint density at radius 1 is 1.35 bits per heavy atom. The van der Waals surface area contributed by atoms with E-state index in [0.29, 0.717) is 16.5 Å². The third-order valence-electron chi connectivity index (χ3n) is 3.68. The Balaban J connectivity index is 2.53. The lowest BCUT2D eigenvalue weighted by atomic mass is 9.84. The van der Waals surface area contributed by atoms with Crippen molar-refractivity contribution in [3.8, 4) is 12.3 Å². The van der Waals surface area contributed by atoms with Crippen LogP contribution in [0.2, 0.25) is 10.0 Å². The van der Waals surface area contributed by atoms with E-state index in [1.807, 2.05) is 24.4 Å². The molecule has 0 fully saturated rings. The molecule has 1 nitrogen and oxygen atoms in total. The van der Waals surface area contributed by atoms with E-state index in [0.717, 1.165) is 24.0 Å². The maximum Gasteiger partial charge on any atom is 0.0459 e. The molecule has 23 heavy (non-hydrogen) atoms. The van der Waals surface area contributed by atoms with Crippen LogP contribution in [-0.2, 0) is 0 Å². The maximum absolute atomic E-state index is 6.43. The standard InChI is InChI=1S/C20H19Cl2N/c1-3-5-9-17(15-8-6-12-23-14-15)18(7-4-2)19-11-10-16(21)13-20(19)22/h2,6,8-14,18H,3,5,7H2,1H3. The topological polar surface area (TPSA) is 12.9 Å². The Labute approximate surface area is 148 Å². The number of hydrogen-bond donors (Lipinski definition) is 0. The van der Waals surface area contributed by atoms with E-state index in [1.165, 1.54) is 5.57 Å². The molecule has 0 aliphatic heterocycles. The molecule has 1 heterocycles. The van der Waals surface area contributed by atoms with Crippen LogP contribution >= 0.6 is 23.2 Å². The summed E-state index contributed by atoms with van der Waals surface area (Å²) in [6, 6.07) is 9.58. The van der Waals surface area contributed by atoms with Gasteiger partial charge in [0.2, 0.25) is 0 Å². The number of halogens is 2. The molecule has 3 heteroatoms. The minimum atomic E-state index is 0.0283. The summed E-state index contributed by atoms with van der Waals surface area (Å²) in [5, 5.41) is 1.27. The van der Waals surface area contributed by atoms with Crippen molar-refractivity contribution >= 4 is 28.8 Å². The first kappa shape index (κ1) is 17.6. The number of hydrogen-bond acceptors (Lipinski definition) is 1. The fourth-order valence-electron chi connectivity index (χ4n) is 2.58. The SMILES string of the molecule is C#CCC(C(=CCCC)c1cccnc1)c1ccc(Cl)cc1Cl. The number of nitrogens with zero attached hydrogens (tertiary/aromatic N) is 1. The molecule has 0 radical (unpaired) electrons. The van der Waals surface area contributed by atoms with Gasteiger partial charge in [0.15, 0.2) is 0 Å². The quantitative estimate of drug-likeness (QED) is 0.554. The van der Waals surface area contributed by atoms with Crippen LogP contribution in [0.5, 0.6) is 0 Å². The average molecular weight is 344 g/mol. The first-order valence-electron chi connectivity index (χ1n) is 7.66. The lowest BCUT2D eigenvalue weighted by Gasteiger charge is -2.21. The molecule has 1 aromatic heterocycles. The number of terminal acetylenes is 1. The molecular weight excluding hydrogens is 325 g/mol. The summed E-state index contributed by atoms with van der Waals surface area (Å²) in [5.74, 6) is 2.81. The van der Waals surface area contributed by atoms with E-state index in [2.05, 4.69) is 30.0 Å². The molecule has 0 aliphatic rings. The molecule has 0 N–H and O–H groups in total. The van der Waals surface area contributed by atoms with E-state index >= 15 is 0 Å². The molecule has 0 saturated carbocycles. The fraction of sp³-hybridized carbons (Fsp3) is 0.250. The van der Waals surface area contributed by atoms with Gasteiger partial charge in [0.1, 0.15) is 0 Å². The Kier molecular flexibility index (Phi) is 6.71. The van der Waals surface area contributed by atoms with Crippen LogP contribution in [0.3, 0.4) is 0 Å². The largest absolute Gasteiger partial charge is 0.264 e. The number of benzene rings is 1. The highest BCUT2D eigenvalue weighted by Crippen LogP contribution is 2.39. The number of allylic oxidation sites excluding steroid dienone is 2. The highest BCUT2D eigenvalue weighted by Gasteiger charge is 2.20. The summed E-state index contributed by atoms with van der Waals surface area (Å²) in [4.78, 5) is 4.24. The van der Waals surface area contributed by atoms with Crippen LogP contribution in [0.4, 0.5) is 0 Å². The molecule has 0 bridgehead atoms. The van der Waals surface area contributed by atoms with Crippen LogP contribution in [-0.4, -0.2) is 4.98 Å². The van der Waals surface area contributed by atoms with Gasteiger partial charge in [0.05, 0.1) is 0 Å². The molecule has 118 valence electrons. The van der Waals surface area contributed by atoms with Gasteiger partial charge in [-0.25, -0.2) is 0 Å². The van der Waals surface area contributed by atoms with Crippen molar-refractivity contribution in [2.75, 3.05) is 0 Å². The van der Waals surface area contributed by atoms with Crippen molar-refractivity contribution in [3.05, 3.63) is 70.0 Å². The summed E-state index contributed by atoms with van der Waals surface area (Å²) in [7, 11) is 0. The smallest absolute Gasteiger partial charge is 0.0459 e. The summed E-state index contributed by atoms with van der Waals surface area (Å²) in [6.07, 6.45) is 14.1. The predicted octanol–water partition coefficient (Wildman–Crippen LogP) is 6.38. The van der Waals surface area contributed by atoms with Crippen LogP contribution in [0.15, 0.2) is 48.8 Å². The minimum Gasteiger partial charge on any atom is -0.264 e. The second-order valence-electron chi connectivity index (χ2n) is 5.32. The summed E-state index contributed by atoms with van der Waals surface area (Å²) >= 11 is 12.5. The Morgan fingerprint density at radius 2 is 2.17 bits per heavy atom. The van der Waals surface area contributed by atoms with Crippen molar-refractivity contribution in [1.82, 2.24) is 4.98 Å². The normalized spacial score (nSPS) is 12.7. The van der Waals surface area contributed by atoms with Crippen LogP contribution in [0.1, 0.15) is 43.2 Å². The number of pyridine rings is 1. The maximum atomic E-state index is 6.43. The molecule has 1 atom stereocenters. The third-order valence-corrected chi connectivity index (χ3v) is 4.25. The molecular formula is C20H19Cl2N. The Morgan fingerprint density at radius 3 is 2.78 bits per heavy atom.